The lowest BCUT2D eigenvalue weighted by Crippen LogP contribution is -2.11. The van der Waals surface area contributed by atoms with E-state index in [-0.39, 0.29) is 12.4 Å². The number of carbonyl (C=O) groups is 1. The molecule has 3 nitrogen and oxygen atoms in total. The molecule has 0 fully saturated rings. The van der Waals surface area contributed by atoms with Crippen LogP contribution in [0.3, 0.4) is 0 Å². The summed E-state index contributed by atoms with van der Waals surface area (Å²) in [7, 11) is 0. The smallest absolute Gasteiger partial charge is 0.200 e. The van der Waals surface area contributed by atoms with Crippen molar-refractivity contribution in [2.75, 3.05) is 6.61 Å². The van der Waals surface area contributed by atoms with E-state index in [2.05, 4.69) is 36.2 Å². The van der Waals surface area contributed by atoms with Crippen LogP contribution < -0.4 is 4.74 Å². The van der Waals surface area contributed by atoms with E-state index in [1.165, 1.54) is 10.9 Å². The number of hydrogen-bond donors (Lipinski definition) is 1. The summed E-state index contributed by atoms with van der Waals surface area (Å²) in [6, 6.07) is 21.4. The maximum Gasteiger partial charge on any atom is 0.200 e. The van der Waals surface area contributed by atoms with Crippen molar-refractivity contribution in [1.29, 1.82) is 0 Å². The zero-order chi connectivity index (χ0) is 16.5. The molecule has 3 heteroatoms. The molecule has 0 bridgehead atoms. The second kappa shape index (κ2) is 5.85. The van der Waals surface area contributed by atoms with Gasteiger partial charge in [0, 0.05) is 21.9 Å². The number of H-pyrrole nitrogens is 1. The third kappa shape index (κ3) is 2.54. The Morgan fingerprint density at radius 3 is 2.62 bits per heavy atom. The Bertz CT molecular complexity index is 1030. The van der Waals surface area contributed by atoms with E-state index in [9.17, 15) is 4.79 Å². The van der Waals surface area contributed by atoms with Gasteiger partial charge in [-0.25, -0.2) is 0 Å². The molecular weight excluding hydrogens is 298 g/mol. The average molecular weight is 315 g/mol. The van der Waals surface area contributed by atoms with Crippen LogP contribution in [-0.4, -0.2) is 17.4 Å². The molecule has 1 aromatic heterocycles. The van der Waals surface area contributed by atoms with Crippen molar-refractivity contribution < 1.29 is 9.53 Å². The van der Waals surface area contributed by atoms with Crippen molar-refractivity contribution in [2.24, 2.45) is 0 Å². The minimum atomic E-state index is -0.0282. The van der Waals surface area contributed by atoms with Crippen LogP contribution in [0.15, 0.2) is 66.7 Å². The van der Waals surface area contributed by atoms with Gasteiger partial charge in [0.05, 0.1) is 5.52 Å². The molecule has 0 radical (unpaired) electrons. The summed E-state index contributed by atoms with van der Waals surface area (Å²) in [6.07, 6.45) is 0. The molecule has 3 aromatic carbocycles. The van der Waals surface area contributed by atoms with Crippen LogP contribution in [0.4, 0.5) is 0 Å². The van der Waals surface area contributed by atoms with Crippen LogP contribution in [0.25, 0.3) is 21.8 Å². The summed E-state index contributed by atoms with van der Waals surface area (Å²) in [5.41, 5.74) is 3.88. The molecule has 0 saturated carbocycles. The fourth-order valence-corrected chi connectivity index (χ4v) is 2.98. The largest absolute Gasteiger partial charge is 0.483 e. The standard InChI is InChI=1S/C21H17NO2/c1-14-10-11-18-17(12-14)16-8-5-9-20(21(16)22-18)24-13-19(23)15-6-3-2-4-7-15/h2-12,22H,13H2,1H3. The van der Waals surface area contributed by atoms with Gasteiger partial charge in [0.15, 0.2) is 12.4 Å². The monoisotopic (exact) mass is 315 g/mol. The summed E-state index contributed by atoms with van der Waals surface area (Å²) in [4.78, 5) is 15.6. The summed E-state index contributed by atoms with van der Waals surface area (Å²) >= 11 is 0. The number of fused-ring (bicyclic) bond motifs is 3. The number of aromatic nitrogens is 1. The Balaban J connectivity index is 1.67. The van der Waals surface area contributed by atoms with Crippen LogP contribution in [-0.2, 0) is 0 Å². The number of Topliss-reactive ketones (excluding diaryl/α,β-unsaturated/α-hetero) is 1. The summed E-state index contributed by atoms with van der Waals surface area (Å²) in [6.45, 7) is 2.11. The van der Waals surface area contributed by atoms with E-state index >= 15 is 0 Å². The van der Waals surface area contributed by atoms with Crippen molar-refractivity contribution >= 4 is 27.6 Å². The van der Waals surface area contributed by atoms with Crippen LogP contribution in [0.1, 0.15) is 15.9 Å². The third-order valence-electron chi connectivity index (χ3n) is 4.21. The fourth-order valence-electron chi connectivity index (χ4n) is 2.98. The molecule has 24 heavy (non-hydrogen) atoms. The zero-order valence-electron chi connectivity index (χ0n) is 13.4. The molecule has 118 valence electrons. The van der Waals surface area contributed by atoms with Gasteiger partial charge in [-0.2, -0.15) is 0 Å². The van der Waals surface area contributed by atoms with E-state index in [1.54, 1.807) is 12.1 Å². The second-order valence-electron chi connectivity index (χ2n) is 5.93. The Morgan fingerprint density at radius 2 is 1.79 bits per heavy atom. The lowest BCUT2D eigenvalue weighted by molar-refractivity contribution is 0.0922. The van der Waals surface area contributed by atoms with Crippen LogP contribution in [0.5, 0.6) is 5.75 Å². The number of rotatable bonds is 4. The number of benzene rings is 3. The first kappa shape index (κ1) is 14.5. The highest BCUT2D eigenvalue weighted by Gasteiger charge is 2.11. The van der Waals surface area contributed by atoms with E-state index in [4.69, 9.17) is 4.74 Å². The number of ether oxygens (including phenoxy) is 1. The molecule has 0 aliphatic heterocycles. The molecule has 0 spiro atoms. The lowest BCUT2D eigenvalue weighted by atomic mass is 10.1. The topological polar surface area (TPSA) is 42.1 Å². The van der Waals surface area contributed by atoms with Crippen molar-refractivity contribution in [3.8, 4) is 5.75 Å². The number of para-hydroxylation sites is 1. The summed E-state index contributed by atoms with van der Waals surface area (Å²) in [5.74, 6) is 0.671. The van der Waals surface area contributed by atoms with Gasteiger partial charge < -0.3 is 9.72 Å². The molecule has 0 aliphatic rings. The maximum absolute atomic E-state index is 12.2. The lowest BCUT2D eigenvalue weighted by Gasteiger charge is -2.06. The Morgan fingerprint density at radius 1 is 0.958 bits per heavy atom. The van der Waals surface area contributed by atoms with Crippen molar-refractivity contribution in [2.45, 2.75) is 6.92 Å². The first-order chi connectivity index (χ1) is 11.7. The minimum absolute atomic E-state index is 0.0253. The van der Waals surface area contributed by atoms with E-state index in [1.807, 2.05) is 30.3 Å². The van der Waals surface area contributed by atoms with Crippen molar-refractivity contribution in [1.82, 2.24) is 4.98 Å². The SMILES string of the molecule is Cc1ccc2[nH]c3c(OCC(=O)c4ccccc4)cccc3c2c1. The molecule has 0 aliphatic carbocycles. The highest BCUT2D eigenvalue weighted by atomic mass is 16.5. The van der Waals surface area contributed by atoms with Crippen LogP contribution >= 0.6 is 0 Å². The normalized spacial score (nSPS) is 11.0. The molecule has 0 amide bonds. The first-order valence-electron chi connectivity index (χ1n) is 7.94. The fraction of sp³-hybridized carbons (Fsp3) is 0.0952. The van der Waals surface area contributed by atoms with Gasteiger partial charge in [-0.1, -0.05) is 54.1 Å². The zero-order valence-corrected chi connectivity index (χ0v) is 13.4. The molecule has 0 saturated heterocycles. The molecule has 0 unspecified atom stereocenters. The van der Waals surface area contributed by atoms with Gasteiger partial charge in [-0.3, -0.25) is 4.79 Å². The summed E-state index contributed by atoms with van der Waals surface area (Å²) in [5, 5.41) is 2.28. The van der Waals surface area contributed by atoms with Gasteiger partial charge >= 0.3 is 0 Å². The highest BCUT2D eigenvalue weighted by Crippen LogP contribution is 2.32. The predicted octanol–water partition coefficient (Wildman–Crippen LogP) is 4.89. The van der Waals surface area contributed by atoms with Gasteiger partial charge in [0.1, 0.15) is 5.75 Å². The number of carbonyl (C=O) groups excluding carboxylic acids is 1. The van der Waals surface area contributed by atoms with Crippen molar-refractivity contribution in [3.05, 3.63) is 77.9 Å². The van der Waals surface area contributed by atoms with E-state index in [0.29, 0.717) is 11.3 Å². The van der Waals surface area contributed by atoms with Gasteiger partial charge in [0.2, 0.25) is 0 Å². The van der Waals surface area contributed by atoms with Crippen LogP contribution in [0, 0.1) is 6.92 Å². The Labute approximate surface area is 139 Å². The Kier molecular flexibility index (Phi) is 3.54. The molecular formula is C21H17NO2. The maximum atomic E-state index is 12.2. The third-order valence-corrected chi connectivity index (χ3v) is 4.21. The van der Waals surface area contributed by atoms with Gasteiger partial charge in [0.25, 0.3) is 0 Å². The molecule has 1 N–H and O–H groups in total. The molecule has 1 heterocycles. The van der Waals surface area contributed by atoms with E-state index in [0.717, 1.165) is 16.4 Å². The molecule has 0 atom stereocenters. The number of hydrogen-bond acceptors (Lipinski definition) is 2. The van der Waals surface area contributed by atoms with E-state index < -0.39 is 0 Å². The average Bonchev–Trinajstić information content (AvgIpc) is 2.99. The van der Waals surface area contributed by atoms with Gasteiger partial charge in [-0.05, 0) is 25.1 Å². The minimum Gasteiger partial charge on any atom is -0.483 e. The quantitative estimate of drug-likeness (QED) is 0.545. The first-order valence-corrected chi connectivity index (χ1v) is 7.94. The Hall–Kier alpha value is -3.07. The number of aromatic amines is 1. The number of nitrogens with one attached hydrogen (secondary N) is 1. The van der Waals surface area contributed by atoms with Crippen LogP contribution in [0.2, 0.25) is 0 Å². The van der Waals surface area contributed by atoms with Gasteiger partial charge in [-0.15, -0.1) is 0 Å². The molecule has 4 aromatic rings. The highest BCUT2D eigenvalue weighted by molar-refractivity contribution is 6.09. The summed E-state index contributed by atoms with van der Waals surface area (Å²) < 4.78 is 5.81. The van der Waals surface area contributed by atoms with Crippen molar-refractivity contribution in [3.63, 3.8) is 0 Å². The molecule has 4 rings (SSSR count). The predicted molar refractivity (Wildman–Crippen MR) is 96.8 cm³/mol. The second-order valence-corrected chi connectivity index (χ2v) is 5.93. The number of ketones is 1. The number of aryl methyl sites for hydroxylation is 1.